The molecular weight excluding hydrogens is 690 g/mol. The summed E-state index contributed by atoms with van der Waals surface area (Å²) in [6.07, 6.45) is 0.0487. The zero-order valence-corrected chi connectivity index (χ0v) is 30.9. The topological polar surface area (TPSA) is 53.1 Å². The van der Waals surface area contributed by atoms with Gasteiger partial charge in [0.05, 0.1) is 6.10 Å². The van der Waals surface area contributed by atoms with Crippen LogP contribution in [0.1, 0.15) is 47.2 Å². The van der Waals surface area contributed by atoms with E-state index in [-0.39, 0.29) is 11.0 Å². The van der Waals surface area contributed by atoms with E-state index in [1.165, 1.54) is 75.3 Å². The summed E-state index contributed by atoms with van der Waals surface area (Å²) in [7, 11) is 13.2. The first-order chi connectivity index (χ1) is 19.8. The van der Waals surface area contributed by atoms with Crippen LogP contribution in [0.2, 0.25) is 0 Å². The maximum absolute atomic E-state index is 11.7. The third-order valence-electron chi connectivity index (χ3n) is 6.92. The Morgan fingerprint density at radius 3 is 1.58 bits per heavy atom. The second-order valence-electron chi connectivity index (χ2n) is 11.4. The van der Waals surface area contributed by atoms with Crippen LogP contribution in [0.5, 0.6) is 5.75 Å². The number of sulfonamides is 1. The molecule has 0 atom stereocenters. The summed E-state index contributed by atoms with van der Waals surface area (Å²) in [5, 5.41) is 4.24. The predicted octanol–water partition coefficient (Wildman–Crippen LogP) is 7.37. The third kappa shape index (κ3) is 8.35. The van der Waals surface area contributed by atoms with Crippen molar-refractivity contribution in [2.75, 3.05) is 37.0 Å². The second-order valence-corrected chi connectivity index (χ2v) is 23.0. The van der Waals surface area contributed by atoms with Gasteiger partial charge < -0.3 is 4.74 Å². The van der Waals surface area contributed by atoms with Crippen LogP contribution in [0, 0.1) is 47.6 Å². The van der Waals surface area contributed by atoms with Crippen molar-refractivity contribution in [3.05, 3.63) is 81.9 Å². The zero-order chi connectivity index (χ0) is 32.4. The standard InChI is InChI=1S/C21H26N2.C11H16NO3S.CH2.2ClH.Ru/c1-14-9-16(3)20(17(4)10-14)22-7-8-23(13-22)21-18(5)11-15(2)12-19(21)6;1-9(2)15-10-5-7-11(8-6-10)16(13,14)12(3)4;;;;/h9-12H,7-8H2,1-6H3;5,7-9H,1-4H3;1H2;2*1H;/q;-1;;;;+2/p-2. The van der Waals surface area contributed by atoms with Crippen LogP contribution in [0.15, 0.2) is 47.4 Å². The van der Waals surface area contributed by atoms with Crippen LogP contribution >= 0.6 is 19.4 Å². The Kier molecular flexibility index (Phi) is 11.5. The molecule has 43 heavy (non-hydrogen) atoms. The van der Waals surface area contributed by atoms with Crippen LogP contribution in [0.4, 0.5) is 11.4 Å². The predicted molar refractivity (Wildman–Crippen MR) is 182 cm³/mol. The number of benzene rings is 3. The number of hydrogen-bond donors (Lipinski definition) is 0. The molecule has 0 aliphatic carbocycles. The zero-order valence-electron chi connectivity index (χ0n) is 26.8. The number of halogens is 2. The van der Waals surface area contributed by atoms with E-state index in [0.29, 0.717) is 5.75 Å². The van der Waals surface area contributed by atoms with Crippen molar-refractivity contribution in [2.24, 2.45) is 0 Å². The van der Waals surface area contributed by atoms with Gasteiger partial charge in [-0.25, -0.2) is 12.7 Å². The van der Waals surface area contributed by atoms with E-state index in [2.05, 4.69) is 86.8 Å². The van der Waals surface area contributed by atoms with Gasteiger partial charge >= 0.3 is 174 Å². The molecule has 4 rings (SSSR count). The monoisotopic (exact) mass is 734 g/mol. The molecule has 1 aliphatic heterocycles. The van der Waals surface area contributed by atoms with Gasteiger partial charge in [0, 0.05) is 19.8 Å². The molecule has 0 amide bonds. The summed E-state index contributed by atoms with van der Waals surface area (Å²) in [6.45, 7) is 18.5. The van der Waals surface area contributed by atoms with Gasteiger partial charge in [0.1, 0.15) is 0 Å². The van der Waals surface area contributed by atoms with Crippen LogP contribution in [-0.2, 0) is 21.9 Å². The summed E-state index contributed by atoms with van der Waals surface area (Å²) >= 11 is -3.24. The fourth-order valence-electron chi connectivity index (χ4n) is 5.50. The molecule has 0 aromatic heterocycles. The fraction of sp³-hybridized carbons (Fsp3) is 0.394. The van der Waals surface area contributed by atoms with Crippen molar-refractivity contribution >= 4 is 50.2 Å². The molecule has 0 saturated carbocycles. The first kappa shape index (κ1) is 35.4. The average molecular weight is 735 g/mol. The number of aryl methyl sites for hydroxylation is 6. The quantitative estimate of drug-likeness (QED) is 0.196. The van der Waals surface area contributed by atoms with Gasteiger partial charge in [0.15, 0.2) is 10.0 Å². The minimum atomic E-state index is -3.38. The molecule has 1 aliphatic rings. The van der Waals surface area contributed by atoms with E-state index in [4.69, 9.17) is 24.1 Å². The summed E-state index contributed by atoms with van der Waals surface area (Å²) in [5.74, 6) is 0.549. The summed E-state index contributed by atoms with van der Waals surface area (Å²) in [6, 6.07) is 16.3. The number of nitrogens with zero attached hydrogens (tertiary/aromatic N) is 3. The van der Waals surface area contributed by atoms with Crippen LogP contribution in [0.3, 0.4) is 0 Å². The molecule has 238 valence electrons. The Morgan fingerprint density at radius 2 is 1.28 bits per heavy atom. The Hall–Kier alpha value is -2.09. The SMILES string of the molecule is CC(C)Oc1[c-]cc(S(=O)(=O)N(C)C)cc1.[CH2]=[Ru]([Cl])([Cl])=[C]1N(c2c(C)cc(C)cc2C)CCN1c1c(C)cc(C)cc1C. The van der Waals surface area contributed by atoms with Crippen molar-refractivity contribution in [1.82, 2.24) is 4.31 Å². The molecule has 3 aromatic carbocycles. The Bertz CT molecular complexity index is 1590. The maximum atomic E-state index is 11.7. The van der Waals surface area contributed by atoms with Crippen molar-refractivity contribution in [1.29, 1.82) is 0 Å². The van der Waals surface area contributed by atoms with E-state index in [0.717, 1.165) is 17.4 Å². The molecule has 6 nitrogen and oxygen atoms in total. The first-order valence-electron chi connectivity index (χ1n) is 14.0. The molecule has 3 aromatic rings. The minimum absolute atomic E-state index is 0.0487. The Labute approximate surface area is 269 Å². The number of ether oxygens (including phenoxy) is 1. The van der Waals surface area contributed by atoms with Crippen LogP contribution in [0.25, 0.3) is 0 Å². The van der Waals surface area contributed by atoms with Crippen LogP contribution in [-0.4, -0.2) is 55.5 Å². The van der Waals surface area contributed by atoms with Crippen LogP contribution < -0.4 is 14.5 Å². The van der Waals surface area contributed by atoms with Crippen molar-refractivity contribution in [3.63, 3.8) is 0 Å². The molecule has 1 saturated heterocycles. The molecule has 0 unspecified atom stereocenters. The van der Waals surface area contributed by atoms with Gasteiger partial charge in [-0.15, -0.1) is 18.2 Å². The van der Waals surface area contributed by atoms with E-state index in [1.807, 2.05) is 13.8 Å². The molecule has 1 heterocycles. The molecule has 10 heteroatoms. The Balaban J connectivity index is 0.000000271. The van der Waals surface area contributed by atoms with E-state index >= 15 is 0 Å². The van der Waals surface area contributed by atoms with Gasteiger partial charge in [-0.3, -0.25) is 0 Å². The van der Waals surface area contributed by atoms with Gasteiger partial charge in [0.25, 0.3) is 0 Å². The fourth-order valence-corrected chi connectivity index (χ4v) is 10.2. The van der Waals surface area contributed by atoms with Crippen molar-refractivity contribution in [2.45, 2.75) is 66.4 Å². The van der Waals surface area contributed by atoms with Crippen molar-refractivity contribution in [3.8, 4) is 5.75 Å². The first-order valence-corrected chi connectivity index (χ1v) is 22.0. The van der Waals surface area contributed by atoms with Gasteiger partial charge in [-0.2, -0.15) is 6.07 Å². The Morgan fingerprint density at radius 1 is 0.860 bits per heavy atom. The summed E-state index contributed by atoms with van der Waals surface area (Å²) < 4.78 is 31.0. The number of anilines is 2. The second kappa shape index (κ2) is 13.9. The molecule has 0 bridgehead atoms. The van der Waals surface area contributed by atoms with Gasteiger partial charge in [-0.1, -0.05) is 0 Å². The molecule has 1 fully saturated rings. The van der Waals surface area contributed by atoms with Gasteiger partial charge in [0.2, 0.25) is 0 Å². The molecular formula is C33H44Cl2N3O3RuS-. The van der Waals surface area contributed by atoms with E-state index in [1.54, 1.807) is 6.07 Å². The third-order valence-corrected chi connectivity index (χ3v) is 12.2. The van der Waals surface area contributed by atoms with E-state index < -0.39 is 21.9 Å². The number of rotatable bonds is 6. The molecule has 0 spiro atoms. The van der Waals surface area contributed by atoms with Gasteiger partial charge in [-0.05, 0) is 18.7 Å². The average Bonchev–Trinajstić information content (AvgIpc) is 3.27. The van der Waals surface area contributed by atoms with Crippen molar-refractivity contribution < 1.29 is 25.0 Å². The summed E-state index contributed by atoms with van der Waals surface area (Å²) in [5.41, 5.74) is 9.99. The number of hydrogen-bond acceptors (Lipinski definition) is 5. The molecule has 0 N–H and O–H groups in total. The molecule has 0 radical (unpaired) electrons. The van der Waals surface area contributed by atoms with E-state index in [9.17, 15) is 8.42 Å². The summed E-state index contributed by atoms with van der Waals surface area (Å²) in [4.78, 5) is 4.86. The normalized spacial score (nSPS) is 14.3.